The summed E-state index contributed by atoms with van der Waals surface area (Å²) in [5.74, 6) is 0. The molecule has 0 aliphatic rings. The zero-order valence-electron chi connectivity index (χ0n) is 9.92. The molecule has 20 heavy (non-hydrogen) atoms. The van der Waals surface area contributed by atoms with Crippen molar-refractivity contribution in [2.45, 2.75) is 0 Å². The lowest BCUT2D eigenvalue weighted by molar-refractivity contribution is 1.42. The highest BCUT2D eigenvalue weighted by Crippen LogP contribution is 2.37. The molecule has 6 heteroatoms. The van der Waals surface area contributed by atoms with Crippen LogP contribution in [0.1, 0.15) is 11.1 Å². The lowest BCUT2D eigenvalue weighted by Gasteiger charge is -2.13. The smallest absolute Gasteiger partial charge is 0.101 e. The van der Waals surface area contributed by atoms with Crippen molar-refractivity contribution in [1.29, 1.82) is 10.5 Å². The van der Waals surface area contributed by atoms with Crippen LogP contribution in [-0.2, 0) is 0 Å². The maximum Gasteiger partial charge on any atom is 0.101 e. The highest BCUT2D eigenvalue weighted by molar-refractivity contribution is 6.41. The van der Waals surface area contributed by atoms with Gasteiger partial charge >= 0.3 is 0 Å². The first-order valence-corrected chi connectivity index (χ1v) is 6.55. The van der Waals surface area contributed by atoms with E-state index in [1.807, 2.05) is 12.1 Å². The second-order valence-electron chi connectivity index (χ2n) is 3.82. The van der Waals surface area contributed by atoms with Crippen molar-refractivity contribution < 1.29 is 0 Å². The van der Waals surface area contributed by atoms with Crippen molar-refractivity contribution >= 4 is 46.2 Å². The Hall–Kier alpha value is -1.91. The van der Waals surface area contributed by atoms with Crippen LogP contribution in [0.3, 0.4) is 0 Å². The minimum atomic E-state index is 0.305. The molecular formula is C14H6Cl3N3. The summed E-state index contributed by atoms with van der Waals surface area (Å²) in [5, 5.41) is 22.2. The van der Waals surface area contributed by atoms with E-state index in [2.05, 4.69) is 5.32 Å². The van der Waals surface area contributed by atoms with E-state index in [1.54, 1.807) is 18.2 Å². The number of halogens is 3. The van der Waals surface area contributed by atoms with Crippen LogP contribution in [-0.4, -0.2) is 0 Å². The van der Waals surface area contributed by atoms with Crippen molar-refractivity contribution in [2.24, 2.45) is 0 Å². The van der Waals surface area contributed by atoms with Crippen molar-refractivity contribution in [3.8, 4) is 12.1 Å². The van der Waals surface area contributed by atoms with Crippen LogP contribution >= 0.6 is 34.8 Å². The van der Waals surface area contributed by atoms with Gasteiger partial charge in [0.25, 0.3) is 0 Å². The molecule has 0 atom stereocenters. The van der Waals surface area contributed by atoms with Gasteiger partial charge in [-0.25, -0.2) is 0 Å². The first-order chi connectivity index (χ1) is 9.56. The van der Waals surface area contributed by atoms with E-state index in [0.717, 1.165) is 0 Å². The van der Waals surface area contributed by atoms with Gasteiger partial charge in [0.15, 0.2) is 0 Å². The van der Waals surface area contributed by atoms with Crippen molar-refractivity contribution in [3.05, 3.63) is 56.5 Å². The molecule has 2 rings (SSSR count). The Labute approximate surface area is 130 Å². The van der Waals surface area contributed by atoms with Crippen LogP contribution in [0.2, 0.25) is 15.1 Å². The Bertz CT molecular complexity index is 702. The number of nitriles is 2. The van der Waals surface area contributed by atoms with Crippen molar-refractivity contribution in [1.82, 2.24) is 0 Å². The van der Waals surface area contributed by atoms with Crippen molar-refractivity contribution in [2.75, 3.05) is 5.32 Å². The van der Waals surface area contributed by atoms with E-state index >= 15 is 0 Å². The standard InChI is InChI=1S/C14H6Cl3N3/c15-10-4-11(16)14(12(17)5-10)20-13-8(6-18)2-1-3-9(13)7-19/h1-5,20H. The molecule has 0 saturated heterocycles. The van der Waals surface area contributed by atoms with Gasteiger partial charge in [-0.2, -0.15) is 10.5 Å². The minimum Gasteiger partial charge on any atom is -0.351 e. The van der Waals surface area contributed by atoms with Crippen molar-refractivity contribution in [3.63, 3.8) is 0 Å². The van der Waals surface area contributed by atoms with Crippen LogP contribution in [0.5, 0.6) is 0 Å². The molecule has 0 bridgehead atoms. The highest BCUT2D eigenvalue weighted by Gasteiger charge is 2.13. The molecule has 0 spiro atoms. The second kappa shape index (κ2) is 6.03. The fourth-order valence-electron chi connectivity index (χ4n) is 1.66. The van der Waals surface area contributed by atoms with Gasteiger partial charge in [0, 0.05) is 5.02 Å². The van der Waals surface area contributed by atoms with Gasteiger partial charge in [0.05, 0.1) is 32.5 Å². The zero-order chi connectivity index (χ0) is 14.7. The van der Waals surface area contributed by atoms with Gasteiger partial charge in [0.2, 0.25) is 0 Å². The minimum absolute atomic E-state index is 0.305. The number of hydrogen-bond acceptors (Lipinski definition) is 3. The molecule has 2 aromatic carbocycles. The summed E-state index contributed by atoms with van der Waals surface area (Å²) in [6.07, 6.45) is 0. The summed E-state index contributed by atoms with van der Waals surface area (Å²) in [6.45, 7) is 0. The number of benzene rings is 2. The first-order valence-electron chi connectivity index (χ1n) is 5.41. The molecular weight excluding hydrogens is 317 g/mol. The van der Waals surface area contributed by atoms with Gasteiger partial charge < -0.3 is 5.32 Å². The Morgan fingerprint density at radius 3 is 1.80 bits per heavy atom. The molecule has 98 valence electrons. The zero-order valence-corrected chi connectivity index (χ0v) is 12.2. The van der Waals surface area contributed by atoms with E-state index in [4.69, 9.17) is 45.3 Å². The predicted molar refractivity (Wildman–Crippen MR) is 80.6 cm³/mol. The predicted octanol–water partition coefficient (Wildman–Crippen LogP) is 5.13. The van der Waals surface area contributed by atoms with Crippen LogP contribution in [0.4, 0.5) is 11.4 Å². The van der Waals surface area contributed by atoms with E-state index in [1.165, 1.54) is 12.1 Å². The van der Waals surface area contributed by atoms with Gasteiger partial charge in [-0.1, -0.05) is 40.9 Å². The monoisotopic (exact) mass is 321 g/mol. The number of rotatable bonds is 2. The number of anilines is 2. The van der Waals surface area contributed by atoms with Crippen LogP contribution < -0.4 is 5.32 Å². The Morgan fingerprint density at radius 1 is 0.850 bits per heavy atom. The summed E-state index contributed by atoms with van der Waals surface area (Å²) in [5.41, 5.74) is 1.41. The molecule has 0 saturated carbocycles. The molecule has 0 aromatic heterocycles. The van der Waals surface area contributed by atoms with Gasteiger partial charge in [0.1, 0.15) is 12.1 Å². The fraction of sp³-hybridized carbons (Fsp3) is 0. The van der Waals surface area contributed by atoms with Crippen LogP contribution in [0, 0.1) is 22.7 Å². The molecule has 0 amide bonds. The molecule has 2 aromatic rings. The number of nitrogens with one attached hydrogen (secondary N) is 1. The topological polar surface area (TPSA) is 59.6 Å². The lowest BCUT2D eigenvalue weighted by Crippen LogP contribution is -1.98. The second-order valence-corrected chi connectivity index (χ2v) is 5.07. The third kappa shape index (κ3) is 2.81. The fourth-order valence-corrected chi connectivity index (χ4v) is 2.57. The average Bonchev–Trinajstić information content (AvgIpc) is 2.42. The Balaban J connectivity index is 2.57. The van der Waals surface area contributed by atoms with Gasteiger partial charge in [-0.3, -0.25) is 0 Å². The molecule has 0 radical (unpaired) electrons. The van der Waals surface area contributed by atoms with E-state index in [0.29, 0.717) is 37.6 Å². The average molecular weight is 323 g/mol. The molecule has 0 heterocycles. The Morgan fingerprint density at radius 2 is 1.35 bits per heavy atom. The first kappa shape index (κ1) is 14.5. The molecule has 0 aliphatic carbocycles. The summed E-state index contributed by atoms with van der Waals surface area (Å²) in [4.78, 5) is 0. The van der Waals surface area contributed by atoms with E-state index in [9.17, 15) is 0 Å². The number of nitrogens with zero attached hydrogens (tertiary/aromatic N) is 2. The van der Waals surface area contributed by atoms with Gasteiger partial charge in [-0.15, -0.1) is 0 Å². The lowest BCUT2D eigenvalue weighted by atomic mass is 10.1. The normalized spacial score (nSPS) is 9.65. The molecule has 0 aliphatic heterocycles. The van der Waals surface area contributed by atoms with E-state index < -0.39 is 0 Å². The highest BCUT2D eigenvalue weighted by atomic mass is 35.5. The molecule has 3 nitrogen and oxygen atoms in total. The maximum atomic E-state index is 9.11. The quantitative estimate of drug-likeness (QED) is 0.833. The summed E-state index contributed by atoms with van der Waals surface area (Å²) in [7, 11) is 0. The SMILES string of the molecule is N#Cc1cccc(C#N)c1Nc1c(Cl)cc(Cl)cc1Cl. The van der Waals surface area contributed by atoms with Crippen LogP contribution in [0.15, 0.2) is 30.3 Å². The summed E-state index contributed by atoms with van der Waals surface area (Å²) >= 11 is 18.0. The third-order valence-corrected chi connectivity index (χ3v) is 3.38. The summed E-state index contributed by atoms with van der Waals surface area (Å²) in [6, 6.07) is 11.9. The third-order valence-electron chi connectivity index (χ3n) is 2.56. The Kier molecular flexibility index (Phi) is 4.37. The van der Waals surface area contributed by atoms with E-state index in [-0.39, 0.29) is 0 Å². The number of para-hydroxylation sites is 1. The molecule has 1 N–H and O–H groups in total. The molecule has 0 fully saturated rings. The molecule has 0 unspecified atom stereocenters. The summed E-state index contributed by atoms with van der Waals surface area (Å²) < 4.78 is 0. The maximum absolute atomic E-state index is 9.11. The largest absolute Gasteiger partial charge is 0.351 e. The van der Waals surface area contributed by atoms with Crippen LogP contribution in [0.25, 0.3) is 0 Å². The number of hydrogen-bond donors (Lipinski definition) is 1. The van der Waals surface area contributed by atoms with Gasteiger partial charge in [-0.05, 0) is 24.3 Å².